The van der Waals surface area contributed by atoms with Crippen molar-refractivity contribution in [2.75, 3.05) is 34.0 Å². The highest BCUT2D eigenvalue weighted by Gasteiger charge is 2.37. The zero-order valence-corrected chi connectivity index (χ0v) is 13.5. The van der Waals surface area contributed by atoms with Crippen LogP contribution >= 0.6 is 0 Å². The Hall–Kier alpha value is -1.08. The van der Waals surface area contributed by atoms with Crippen molar-refractivity contribution in [1.82, 2.24) is 9.97 Å². The third kappa shape index (κ3) is 4.01. The smallest absolute Gasteiger partial charge is 0.200 e. The first-order chi connectivity index (χ1) is 10.8. The van der Waals surface area contributed by atoms with Gasteiger partial charge in [-0.1, -0.05) is 19.3 Å². The molecule has 0 atom stereocenters. The van der Waals surface area contributed by atoms with Gasteiger partial charge in [-0.15, -0.1) is 0 Å². The van der Waals surface area contributed by atoms with Crippen LogP contribution in [0.1, 0.15) is 49.9 Å². The lowest BCUT2D eigenvalue weighted by Crippen LogP contribution is -2.37. The minimum atomic E-state index is -0.485. The number of nitrogens with zero attached hydrogens (tertiary/aromatic N) is 2. The second-order valence-corrected chi connectivity index (χ2v) is 5.73. The molecule has 0 saturated heterocycles. The number of aliphatic hydroxyl groups excluding tert-OH is 1. The highest BCUT2D eigenvalue weighted by Crippen LogP contribution is 2.38. The number of rotatable bonds is 8. The van der Waals surface area contributed by atoms with Gasteiger partial charge >= 0.3 is 0 Å². The van der Waals surface area contributed by atoms with E-state index >= 15 is 0 Å². The minimum absolute atomic E-state index is 0.0341. The molecule has 0 unspecified atom stereocenters. The quantitative estimate of drug-likeness (QED) is 0.584. The molecular formula is C16H26N2O4. The van der Waals surface area contributed by atoms with Crippen molar-refractivity contribution in [2.45, 2.75) is 43.8 Å². The van der Waals surface area contributed by atoms with E-state index in [0.29, 0.717) is 13.2 Å². The molecule has 22 heavy (non-hydrogen) atoms. The highest BCUT2D eigenvalue weighted by molar-refractivity contribution is 5.14. The number of aromatic nitrogens is 2. The molecule has 0 bridgehead atoms. The predicted octanol–water partition coefficient (Wildman–Crippen LogP) is 1.98. The van der Waals surface area contributed by atoms with E-state index in [1.807, 2.05) is 6.07 Å². The molecule has 6 heteroatoms. The summed E-state index contributed by atoms with van der Waals surface area (Å²) in [5.74, 6) is 0.793. The molecule has 1 aromatic heterocycles. The Morgan fingerprint density at radius 1 is 1.23 bits per heavy atom. The Balaban J connectivity index is 2.24. The average molecular weight is 310 g/mol. The summed E-state index contributed by atoms with van der Waals surface area (Å²) in [7, 11) is 3.19. The van der Waals surface area contributed by atoms with E-state index in [-0.39, 0.29) is 12.0 Å². The Labute approximate surface area is 131 Å². The maximum Gasteiger partial charge on any atom is 0.200 e. The molecular weight excluding hydrogens is 284 g/mol. The van der Waals surface area contributed by atoms with Gasteiger partial charge in [0.15, 0.2) is 0 Å². The molecule has 1 fully saturated rings. The first kappa shape index (κ1) is 17.3. The van der Waals surface area contributed by atoms with Crippen LogP contribution in [0.15, 0.2) is 12.3 Å². The van der Waals surface area contributed by atoms with E-state index in [1.165, 1.54) is 6.42 Å². The Kier molecular flexibility index (Phi) is 6.70. The lowest BCUT2D eigenvalue weighted by Gasteiger charge is -2.35. The van der Waals surface area contributed by atoms with E-state index in [2.05, 4.69) is 9.97 Å². The zero-order chi connectivity index (χ0) is 15.8. The summed E-state index contributed by atoms with van der Waals surface area (Å²) >= 11 is 0. The summed E-state index contributed by atoms with van der Waals surface area (Å²) < 4.78 is 16.2. The predicted molar refractivity (Wildman–Crippen MR) is 81.5 cm³/mol. The molecule has 1 N–H and O–H groups in total. The largest absolute Gasteiger partial charge is 0.394 e. The summed E-state index contributed by atoms with van der Waals surface area (Å²) in [5.41, 5.74) is 0.553. The van der Waals surface area contributed by atoms with Gasteiger partial charge in [0, 0.05) is 20.4 Å². The summed E-state index contributed by atoms with van der Waals surface area (Å²) in [6.45, 7) is 0.925. The summed E-state index contributed by atoms with van der Waals surface area (Å²) in [4.78, 5) is 9.19. The maximum atomic E-state index is 8.94. The molecule has 6 nitrogen and oxygen atoms in total. The van der Waals surface area contributed by atoms with Gasteiger partial charge in [0.1, 0.15) is 5.82 Å². The van der Waals surface area contributed by atoms with Gasteiger partial charge in [-0.25, -0.2) is 9.97 Å². The summed E-state index contributed by atoms with van der Waals surface area (Å²) in [5, 5.41) is 8.94. The second kappa shape index (κ2) is 8.53. The molecule has 1 heterocycles. The van der Waals surface area contributed by atoms with Crippen LogP contribution in [0.25, 0.3) is 0 Å². The van der Waals surface area contributed by atoms with Crippen molar-refractivity contribution in [1.29, 1.82) is 0 Å². The van der Waals surface area contributed by atoms with E-state index in [0.717, 1.165) is 37.2 Å². The Bertz CT molecular complexity index is 446. The number of ether oxygens (including phenoxy) is 3. The molecule has 1 saturated carbocycles. The van der Waals surface area contributed by atoms with Gasteiger partial charge in [0.2, 0.25) is 6.29 Å². The number of hydrogen-bond donors (Lipinski definition) is 1. The third-order valence-corrected chi connectivity index (χ3v) is 4.25. The fourth-order valence-electron chi connectivity index (χ4n) is 3.09. The normalized spacial score (nSPS) is 17.8. The first-order valence-electron chi connectivity index (χ1n) is 7.83. The van der Waals surface area contributed by atoms with Crippen molar-refractivity contribution in [3.63, 3.8) is 0 Å². The van der Waals surface area contributed by atoms with Crippen LogP contribution in [0.5, 0.6) is 0 Å². The van der Waals surface area contributed by atoms with Crippen molar-refractivity contribution >= 4 is 0 Å². The highest BCUT2D eigenvalue weighted by atomic mass is 16.7. The van der Waals surface area contributed by atoms with Crippen LogP contribution in [0.2, 0.25) is 0 Å². The van der Waals surface area contributed by atoms with Gasteiger partial charge in [-0.05, 0) is 18.9 Å². The van der Waals surface area contributed by atoms with Crippen molar-refractivity contribution in [3.8, 4) is 0 Å². The summed E-state index contributed by atoms with van der Waals surface area (Å²) in [6.07, 6.45) is 6.81. The number of hydrogen-bond acceptors (Lipinski definition) is 6. The van der Waals surface area contributed by atoms with Gasteiger partial charge in [0.05, 0.1) is 30.9 Å². The fourth-order valence-corrected chi connectivity index (χ4v) is 3.09. The van der Waals surface area contributed by atoms with E-state index in [4.69, 9.17) is 19.3 Å². The van der Waals surface area contributed by atoms with Gasteiger partial charge in [0.25, 0.3) is 0 Å². The van der Waals surface area contributed by atoms with Crippen LogP contribution in [-0.4, -0.2) is 49.1 Å². The summed E-state index contributed by atoms with van der Waals surface area (Å²) in [6, 6.07) is 1.81. The topological polar surface area (TPSA) is 73.7 Å². The van der Waals surface area contributed by atoms with Crippen molar-refractivity contribution in [3.05, 3.63) is 23.8 Å². The van der Waals surface area contributed by atoms with Gasteiger partial charge in [-0.3, -0.25) is 0 Å². The molecule has 0 spiro atoms. The first-order valence-corrected chi connectivity index (χ1v) is 7.83. The second-order valence-electron chi connectivity index (χ2n) is 5.73. The molecule has 2 rings (SSSR count). The average Bonchev–Trinajstić information content (AvgIpc) is 2.57. The lowest BCUT2D eigenvalue weighted by molar-refractivity contribution is -0.109. The maximum absolute atomic E-state index is 8.94. The van der Waals surface area contributed by atoms with Crippen LogP contribution in [0.3, 0.4) is 0 Å². The monoisotopic (exact) mass is 310 g/mol. The van der Waals surface area contributed by atoms with E-state index in [1.54, 1.807) is 20.4 Å². The van der Waals surface area contributed by atoms with Gasteiger partial charge < -0.3 is 19.3 Å². The molecule has 1 aliphatic rings. The van der Waals surface area contributed by atoms with Crippen LogP contribution < -0.4 is 0 Å². The molecule has 124 valence electrons. The van der Waals surface area contributed by atoms with E-state index < -0.39 is 6.29 Å². The van der Waals surface area contributed by atoms with Crippen LogP contribution in [0.4, 0.5) is 0 Å². The minimum Gasteiger partial charge on any atom is -0.394 e. The third-order valence-electron chi connectivity index (χ3n) is 4.25. The lowest BCUT2D eigenvalue weighted by atomic mass is 9.74. The van der Waals surface area contributed by atoms with Crippen LogP contribution in [0, 0.1) is 0 Å². The Morgan fingerprint density at radius 3 is 2.59 bits per heavy atom. The molecule has 1 aliphatic carbocycles. The fraction of sp³-hybridized carbons (Fsp3) is 0.750. The number of methoxy groups -OCH3 is 2. The standard InChI is InChI=1S/C16H26N2O4/c1-20-14(21-2)13-6-9-17-15(18-13)16(12-22-11-10-19)7-4-3-5-8-16/h6,9,14,19H,3-5,7-8,10-12H2,1-2H3. The number of aliphatic hydroxyl groups is 1. The van der Waals surface area contributed by atoms with E-state index in [9.17, 15) is 0 Å². The van der Waals surface area contributed by atoms with Crippen LogP contribution in [-0.2, 0) is 19.6 Å². The molecule has 0 aliphatic heterocycles. The Morgan fingerprint density at radius 2 is 1.95 bits per heavy atom. The molecule has 0 aromatic carbocycles. The molecule has 0 radical (unpaired) electrons. The van der Waals surface area contributed by atoms with Crippen molar-refractivity contribution in [2.24, 2.45) is 0 Å². The van der Waals surface area contributed by atoms with Gasteiger partial charge in [-0.2, -0.15) is 0 Å². The zero-order valence-electron chi connectivity index (χ0n) is 13.5. The molecule has 0 amide bonds. The van der Waals surface area contributed by atoms with Crippen molar-refractivity contribution < 1.29 is 19.3 Å². The SMILES string of the molecule is COC(OC)c1ccnc(C2(COCCO)CCCCC2)n1. The molecule has 1 aromatic rings.